The van der Waals surface area contributed by atoms with Gasteiger partial charge in [0.05, 0.1) is 5.41 Å². The first-order valence-electron chi connectivity index (χ1n) is 12.6. The summed E-state index contributed by atoms with van der Waals surface area (Å²) >= 11 is 0. The van der Waals surface area contributed by atoms with Gasteiger partial charge in [0.2, 0.25) is 0 Å². The van der Waals surface area contributed by atoms with E-state index in [-0.39, 0.29) is 23.8 Å². The normalized spacial score (nSPS) is 14.9. The van der Waals surface area contributed by atoms with E-state index in [4.69, 9.17) is 5.73 Å². The van der Waals surface area contributed by atoms with Crippen LogP contribution in [-0.4, -0.2) is 51.6 Å². The molecule has 2 aromatic carbocycles. The van der Waals surface area contributed by atoms with E-state index < -0.39 is 5.41 Å². The maximum absolute atomic E-state index is 12.7. The number of H-pyrrole nitrogens is 1. The molecular formula is C27H35N7O2. The molecule has 1 aliphatic rings. The molecule has 190 valence electrons. The molecule has 9 heteroatoms. The quantitative estimate of drug-likeness (QED) is 0.383. The number of carbonyl (C=O) groups excluding carboxylic acids is 2. The number of nitrogens with one attached hydrogen (secondary N) is 3. The summed E-state index contributed by atoms with van der Waals surface area (Å²) in [5, 5.41) is 21.3. The van der Waals surface area contributed by atoms with E-state index in [0.717, 1.165) is 22.3 Å². The van der Waals surface area contributed by atoms with Crippen LogP contribution in [0.15, 0.2) is 36.4 Å². The zero-order valence-electron chi connectivity index (χ0n) is 21.4. The first-order chi connectivity index (χ1) is 17.3. The Morgan fingerprint density at radius 3 is 1.92 bits per heavy atom. The number of rotatable bonds is 8. The van der Waals surface area contributed by atoms with Crippen molar-refractivity contribution in [2.45, 2.75) is 58.4 Å². The smallest absolute Gasteiger partial charge is 0.251 e. The molecular weight excluding hydrogens is 454 g/mol. The third-order valence-corrected chi connectivity index (χ3v) is 7.12. The second-order valence-electron chi connectivity index (χ2n) is 9.72. The molecule has 2 amide bonds. The number of aryl methyl sites for hydroxylation is 2. The van der Waals surface area contributed by atoms with Gasteiger partial charge in [-0.05, 0) is 85.5 Å². The van der Waals surface area contributed by atoms with Gasteiger partial charge in [0.15, 0.2) is 5.82 Å². The van der Waals surface area contributed by atoms with Crippen LogP contribution in [0.1, 0.15) is 82.9 Å². The van der Waals surface area contributed by atoms with E-state index >= 15 is 0 Å². The number of tetrazole rings is 1. The Kier molecular flexibility index (Phi) is 7.49. The number of nitrogens with two attached hydrogens (primary N) is 1. The van der Waals surface area contributed by atoms with E-state index in [0.29, 0.717) is 49.3 Å². The van der Waals surface area contributed by atoms with Gasteiger partial charge in [0.25, 0.3) is 11.8 Å². The zero-order valence-corrected chi connectivity index (χ0v) is 21.4. The molecule has 1 heterocycles. The van der Waals surface area contributed by atoms with E-state index in [2.05, 4.69) is 45.1 Å². The van der Waals surface area contributed by atoms with Crippen LogP contribution in [0.5, 0.6) is 0 Å². The molecule has 0 unspecified atom stereocenters. The molecule has 36 heavy (non-hydrogen) atoms. The first-order valence-corrected chi connectivity index (χ1v) is 12.6. The number of aromatic nitrogens is 4. The number of fused-ring (bicyclic) bond motifs is 2. The van der Waals surface area contributed by atoms with Crippen LogP contribution in [0, 0.1) is 5.92 Å². The van der Waals surface area contributed by atoms with Crippen LogP contribution in [0.25, 0.3) is 0 Å². The molecule has 5 N–H and O–H groups in total. The van der Waals surface area contributed by atoms with E-state index in [9.17, 15) is 9.59 Å². The minimum absolute atomic E-state index is 0.107. The lowest BCUT2D eigenvalue weighted by atomic mass is 9.66. The predicted molar refractivity (Wildman–Crippen MR) is 138 cm³/mol. The number of hydrogen-bond donors (Lipinski definition) is 4. The van der Waals surface area contributed by atoms with E-state index in [1.54, 1.807) is 0 Å². The second kappa shape index (κ2) is 10.6. The minimum Gasteiger partial charge on any atom is -0.352 e. The third kappa shape index (κ3) is 4.63. The molecule has 1 aromatic heterocycles. The lowest BCUT2D eigenvalue weighted by Crippen LogP contribution is -2.41. The average molecular weight is 490 g/mol. The van der Waals surface area contributed by atoms with Crippen molar-refractivity contribution in [3.8, 4) is 0 Å². The molecule has 9 nitrogen and oxygen atoms in total. The van der Waals surface area contributed by atoms with Crippen LogP contribution in [0.4, 0.5) is 0 Å². The van der Waals surface area contributed by atoms with Gasteiger partial charge in [0.1, 0.15) is 0 Å². The first kappa shape index (κ1) is 25.5. The van der Waals surface area contributed by atoms with E-state index in [1.807, 2.05) is 50.2 Å². The lowest BCUT2D eigenvalue weighted by Gasteiger charge is -2.37. The van der Waals surface area contributed by atoms with Crippen LogP contribution in [0.2, 0.25) is 0 Å². The number of nitrogens with zero attached hydrogens (tertiary/aromatic N) is 3. The zero-order chi connectivity index (χ0) is 25.9. The fourth-order valence-corrected chi connectivity index (χ4v) is 5.14. The summed E-state index contributed by atoms with van der Waals surface area (Å²) in [4.78, 5) is 25.3. The largest absolute Gasteiger partial charge is 0.352 e. The van der Waals surface area contributed by atoms with E-state index in [1.165, 1.54) is 0 Å². The molecule has 0 fully saturated rings. The van der Waals surface area contributed by atoms with Gasteiger partial charge in [-0.2, -0.15) is 5.21 Å². The number of benzene rings is 2. The van der Waals surface area contributed by atoms with Crippen molar-refractivity contribution in [2.24, 2.45) is 11.7 Å². The van der Waals surface area contributed by atoms with Crippen molar-refractivity contribution >= 4 is 11.8 Å². The van der Waals surface area contributed by atoms with Crippen molar-refractivity contribution in [2.75, 3.05) is 13.1 Å². The Balaban J connectivity index is 1.98. The summed E-state index contributed by atoms with van der Waals surface area (Å²) in [6, 6.07) is 11.5. The lowest BCUT2D eigenvalue weighted by molar-refractivity contribution is 0.0947. The molecule has 1 atom stereocenters. The standard InChI is InChI=1S/C27H35N7O2/c1-5-29-24(35)19-9-11-21-17(13-19)7-8-18-14-20(25(36)30-6-2)10-12-22(18)27(21,15-23(28)16(3)4)26-31-33-34-32-26/h9-14,16,23H,5-8,15,28H2,1-4H3,(H,29,35)(H,30,36)(H,31,32,33,34)/t23-/m0/s1. The molecule has 0 bridgehead atoms. The number of amides is 2. The average Bonchev–Trinajstić information content (AvgIpc) is 3.37. The molecule has 1 aliphatic carbocycles. The minimum atomic E-state index is -0.794. The van der Waals surface area contributed by atoms with Gasteiger partial charge in [-0.1, -0.05) is 31.2 Å². The Morgan fingerprint density at radius 1 is 0.972 bits per heavy atom. The molecule has 3 aromatic rings. The number of hydrogen-bond acceptors (Lipinski definition) is 6. The van der Waals surface area contributed by atoms with Crippen LogP contribution in [0.3, 0.4) is 0 Å². The Bertz CT molecular complexity index is 1170. The summed E-state index contributed by atoms with van der Waals surface area (Å²) in [6.07, 6.45) is 1.95. The number of carbonyl (C=O) groups is 2. The summed E-state index contributed by atoms with van der Waals surface area (Å²) in [5.74, 6) is 0.530. The fraction of sp³-hybridized carbons (Fsp3) is 0.444. The Morgan fingerprint density at radius 2 is 1.50 bits per heavy atom. The maximum atomic E-state index is 12.7. The monoisotopic (exact) mass is 489 g/mol. The van der Waals surface area contributed by atoms with Crippen molar-refractivity contribution in [1.82, 2.24) is 31.3 Å². The highest BCUT2D eigenvalue weighted by Gasteiger charge is 2.46. The molecule has 0 radical (unpaired) electrons. The Labute approximate surface area is 211 Å². The van der Waals surface area contributed by atoms with Crippen LogP contribution < -0.4 is 16.4 Å². The van der Waals surface area contributed by atoms with Gasteiger partial charge < -0.3 is 16.4 Å². The highest BCUT2D eigenvalue weighted by Crippen LogP contribution is 2.47. The van der Waals surface area contributed by atoms with Gasteiger partial charge in [-0.3, -0.25) is 9.59 Å². The van der Waals surface area contributed by atoms with Crippen molar-refractivity contribution < 1.29 is 9.59 Å². The third-order valence-electron chi connectivity index (χ3n) is 7.12. The van der Waals surface area contributed by atoms with Gasteiger partial charge in [-0.15, -0.1) is 10.2 Å². The molecule has 0 saturated heterocycles. The van der Waals surface area contributed by atoms with Crippen LogP contribution in [-0.2, 0) is 18.3 Å². The summed E-state index contributed by atoms with van der Waals surface area (Å²) in [7, 11) is 0. The predicted octanol–water partition coefficient (Wildman–Crippen LogP) is 2.51. The fourth-order valence-electron chi connectivity index (χ4n) is 5.14. The van der Waals surface area contributed by atoms with Gasteiger partial charge in [-0.25, -0.2) is 0 Å². The summed E-state index contributed by atoms with van der Waals surface area (Å²) < 4.78 is 0. The summed E-state index contributed by atoms with van der Waals surface area (Å²) in [5.41, 5.74) is 11.3. The van der Waals surface area contributed by atoms with Crippen molar-refractivity contribution in [1.29, 1.82) is 0 Å². The van der Waals surface area contributed by atoms with Gasteiger partial charge >= 0.3 is 0 Å². The Hall–Kier alpha value is -3.59. The molecule has 0 saturated carbocycles. The SMILES string of the molecule is CCNC(=O)c1ccc2c(c1)CCc1cc(C(=O)NCC)ccc1C2(C[C@H](N)C(C)C)c1nn[nH]n1. The molecule has 0 spiro atoms. The second-order valence-corrected chi connectivity index (χ2v) is 9.72. The van der Waals surface area contributed by atoms with Gasteiger partial charge in [0, 0.05) is 30.3 Å². The van der Waals surface area contributed by atoms with Crippen LogP contribution >= 0.6 is 0 Å². The molecule has 0 aliphatic heterocycles. The number of aromatic amines is 1. The maximum Gasteiger partial charge on any atom is 0.251 e. The topological polar surface area (TPSA) is 139 Å². The molecule has 4 rings (SSSR count). The summed E-state index contributed by atoms with van der Waals surface area (Å²) in [6.45, 7) is 9.12. The highest BCUT2D eigenvalue weighted by molar-refractivity contribution is 5.95. The van der Waals surface area contributed by atoms with Crippen molar-refractivity contribution in [3.05, 3.63) is 75.6 Å². The highest BCUT2D eigenvalue weighted by atomic mass is 16.2. The van der Waals surface area contributed by atoms with Crippen molar-refractivity contribution in [3.63, 3.8) is 0 Å².